The Balaban J connectivity index is 1.74. The Bertz CT molecular complexity index is 608. The molecule has 1 N–H and O–H groups in total. The first-order valence-electron chi connectivity index (χ1n) is 7.70. The molecule has 2 fully saturated rings. The number of hydrogen-bond acceptors (Lipinski definition) is 4. The van der Waals surface area contributed by atoms with Crippen LogP contribution in [0.25, 0.3) is 0 Å². The van der Waals surface area contributed by atoms with Crippen molar-refractivity contribution in [2.24, 2.45) is 5.92 Å². The van der Waals surface area contributed by atoms with Crippen molar-refractivity contribution in [2.45, 2.75) is 37.6 Å². The van der Waals surface area contributed by atoms with E-state index in [1.54, 1.807) is 0 Å². The van der Waals surface area contributed by atoms with Crippen molar-refractivity contribution in [1.82, 2.24) is 5.32 Å². The van der Waals surface area contributed by atoms with E-state index in [2.05, 4.69) is 10.2 Å². The number of imide groups is 1. The third kappa shape index (κ3) is 2.75. The number of amides is 2. The average molecular weight is 300 g/mol. The molecule has 1 aromatic carbocycles. The lowest BCUT2D eigenvalue weighted by molar-refractivity contribution is -0.134. The summed E-state index contributed by atoms with van der Waals surface area (Å²) in [4.78, 5) is 36.1. The van der Waals surface area contributed by atoms with E-state index in [9.17, 15) is 14.4 Å². The van der Waals surface area contributed by atoms with E-state index < -0.39 is 0 Å². The van der Waals surface area contributed by atoms with Crippen LogP contribution in [0.15, 0.2) is 24.3 Å². The maximum Gasteiger partial charge on any atom is 0.234 e. The summed E-state index contributed by atoms with van der Waals surface area (Å²) >= 11 is 0. The summed E-state index contributed by atoms with van der Waals surface area (Å²) in [7, 11) is 2.02. The standard InChI is InChI=1S/C17H20N2O3/c1-19(14-7-11(8-14)10-20)13-4-2-3-12(9-13)15-5-6-16(21)18-17(15)22/h2-4,9-11,14-15H,5-8H2,1H3,(H,18,21,22)/t11-,14-,15?. The Hall–Kier alpha value is -2.17. The molecule has 2 amide bonds. The molecule has 1 atom stereocenters. The average Bonchev–Trinajstić information content (AvgIpc) is 2.46. The van der Waals surface area contributed by atoms with Crippen molar-refractivity contribution < 1.29 is 14.4 Å². The third-order valence-electron chi connectivity index (χ3n) is 4.81. The van der Waals surface area contributed by atoms with Crippen LogP contribution < -0.4 is 10.2 Å². The number of rotatable bonds is 4. The molecule has 1 aliphatic heterocycles. The lowest BCUT2D eigenvalue weighted by atomic mass is 9.80. The van der Waals surface area contributed by atoms with Crippen molar-refractivity contribution in [3.05, 3.63) is 29.8 Å². The van der Waals surface area contributed by atoms with Crippen molar-refractivity contribution in [3.63, 3.8) is 0 Å². The second-order valence-corrected chi connectivity index (χ2v) is 6.23. The van der Waals surface area contributed by atoms with Crippen molar-refractivity contribution >= 4 is 23.8 Å². The fraction of sp³-hybridized carbons (Fsp3) is 0.471. The van der Waals surface area contributed by atoms with Gasteiger partial charge in [0, 0.05) is 31.1 Å². The first-order valence-corrected chi connectivity index (χ1v) is 7.70. The number of hydrogen-bond donors (Lipinski definition) is 1. The van der Waals surface area contributed by atoms with Gasteiger partial charge in [0.1, 0.15) is 6.29 Å². The zero-order valence-corrected chi connectivity index (χ0v) is 12.6. The molecule has 1 saturated carbocycles. The maximum atomic E-state index is 12.0. The van der Waals surface area contributed by atoms with Crippen LogP contribution in [0.1, 0.15) is 37.2 Å². The number of carbonyl (C=O) groups excluding carboxylic acids is 3. The smallest absolute Gasteiger partial charge is 0.234 e. The van der Waals surface area contributed by atoms with Crippen LogP contribution in [0, 0.1) is 5.92 Å². The minimum atomic E-state index is -0.254. The summed E-state index contributed by atoms with van der Waals surface area (Å²) in [6.45, 7) is 0. The maximum absolute atomic E-state index is 12.0. The summed E-state index contributed by atoms with van der Waals surface area (Å²) < 4.78 is 0. The first kappa shape index (κ1) is 14.8. The molecule has 22 heavy (non-hydrogen) atoms. The highest BCUT2D eigenvalue weighted by Gasteiger charge is 2.32. The van der Waals surface area contributed by atoms with E-state index in [4.69, 9.17) is 0 Å². The summed E-state index contributed by atoms with van der Waals surface area (Å²) in [5, 5.41) is 2.40. The molecule has 3 rings (SSSR count). The number of nitrogens with one attached hydrogen (secondary N) is 1. The van der Waals surface area contributed by atoms with Gasteiger partial charge >= 0.3 is 0 Å². The minimum Gasteiger partial charge on any atom is -0.372 e. The topological polar surface area (TPSA) is 66.5 Å². The number of piperidine rings is 1. The van der Waals surface area contributed by atoms with Gasteiger partial charge in [0.05, 0.1) is 5.92 Å². The Morgan fingerprint density at radius 1 is 1.27 bits per heavy atom. The van der Waals surface area contributed by atoms with Crippen molar-refractivity contribution in [1.29, 1.82) is 0 Å². The van der Waals surface area contributed by atoms with Gasteiger partial charge in [-0.3, -0.25) is 14.9 Å². The normalized spacial score (nSPS) is 27.8. The monoisotopic (exact) mass is 300 g/mol. The highest BCUT2D eigenvalue weighted by Crippen LogP contribution is 2.34. The highest BCUT2D eigenvalue weighted by atomic mass is 16.2. The molecule has 1 aromatic rings. The Morgan fingerprint density at radius 3 is 2.73 bits per heavy atom. The van der Waals surface area contributed by atoms with Crippen LogP contribution in [0.3, 0.4) is 0 Å². The molecule has 5 nitrogen and oxygen atoms in total. The van der Waals surface area contributed by atoms with Crippen LogP contribution in [-0.4, -0.2) is 31.2 Å². The number of nitrogens with zero attached hydrogens (tertiary/aromatic N) is 1. The zero-order valence-electron chi connectivity index (χ0n) is 12.6. The molecule has 1 aliphatic carbocycles. The van der Waals surface area contributed by atoms with Gasteiger partial charge in [-0.05, 0) is 37.0 Å². The van der Waals surface area contributed by atoms with Crippen LogP contribution in [0.5, 0.6) is 0 Å². The van der Waals surface area contributed by atoms with Crippen molar-refractivity contribution in [3.8, 4) is 0 Å². The molecule has 1 unspecified atom stereocenters. The van der Waals surface area contributed by atoms with E-state index in [1.807, 2.05) is 31.3 Å². The molecule has 0 radical (unpaired) electrons. The van der Waals surface area contributed by atoms with Gasteiger partial charge in [-0.15, -0.1) is 0 Å². The number of carbonyl (C=O) groups is 3. The molecule has 116 valence electrons. The predicted molar refractivity (Wildman–Crippen MR) is 82.5 cm³/mol. The molecule has 1 heterocycles. The van der Waals surface area contributed by atoms with Gasteiger partial charge in [0.2, 0.25) is 11.8 Å². The molecule has 0 spiro atoms. The fourth-order valence-electron chi connectivity index (χ4n) is 3.24. The SMILES string of the molecule is CN(c1cccc(C2CCC(=O)NC2=O)c1)[C@H]1C[C@H](C=O)C1. The van der Waals surface area contributed by atoms with E-state index in [0.717, 1.165) is 30.4 Å². The summed E-state index contributed by atoms with van der Waals surface area (Å²) in [6.07, 6.45) is 3.77. The molecule has 1 saturated heterocycles. The molecule has 0 aromatic heterocycles. The van der Waals surface area contributed by atoms with Gasteiger partial charge in [-0.25, -0.2) is 0 Å². The molecule has 0 bridgehead atoms. The van der Waals surface area contributed by atoms with Crippen LogP contribution in [0.4, 0.5) is 5.69 Å². The largest absolute Gasteiger partial charge is 0.372 e. The van der Waals surface area contributed by atoms with E-state index in [1.165, 1.54) is 0 Å². The van der Waals surface area contributed by atoms with Gasteiger partial charge in [0.15, 0.2) is 0 Å². The second-order valence-electron chi connectivity index (χ2n) is 6.23. The lowest BCUT2D eigenvalue weighted by Crippen LogP contribution is -2.43. The first-order chi connectivity index (χ1) is 10.6. The zero-order chi connectivity index (χ0) is 15.7. The van der Waals surface area contributed by atoms with E-state index >= 15 is 0 Å². The minimum absolute atomic E-state index is 0.186. The van der Waals surface area contributed by atoms with Crippen LogP contribution in [-0.2, 0) is 14.4 Å². The Kier molecular flexibility index (Phi) is 3.96. The highest BCUT2D eigenvalue weighted by molar-refractivity contribution is 6.01. The molecule has 2 aliphatic rings. The van der Waals surface area contributed by atoms with E-state index in [0.29, 0.717) is 18.9 Å². The second kappa shape index (κ2) is 5.91. The van der Waals surface area contributed by atoms with Gasteiger partial charge in [0.25, 0.3) is 0 Å². The van der Waals surface area contributed by atoms with Crippen molar-refractivity contribution in [2.75, 3.05) is 11.9 Å². The summed E-state index contributed by atoms with van der Waals surface area (Å²) in [5.74, 6) is -0.467. The Morgan fingerprint density at radius 2 is 2.05 bits per heavy atom. The molecular formula is C17H20N2O3. The van der Waals surface area contributed by atoms with Crippen LogP contribution in [0.2, 0.25) is 0 Å². The summed E-state index contributed by atoms with van der Waals surface area (Å²) in [5.41, 5.74) is 2.00. The number of aldehydes is 1. The molecular weight excluding hydrogens is 280 g/mol. The lowest BCUT2D eigenvalue weighted by Gasteiger charge is -2.40. The van der Waals surface area contributed by atoms with E-state index in [-0.39, 0.29) is 23.7 Å². The van der Waals surface area contributed by atoms with Gasteiger partial charge in [-0.1, -0.05) is 12.1 Å². The van der Waals surface area contributed by atoms with Crippen LogP contribution >= 0.6 is 0 Å². The fourth-order valence-corrected chi connectivity index (χ4v) is 3.24. The molecule has 5 heteroatoms. The Labute approximate surface area is 129 Å². The predicted octanol–water partition coefficient (Wildman–Crippen LogP) is 1.62. The third-order valence-corrected chi connectivity index (χ3v) is 4.81. The van der Waals surface area contributed by atoms with Gasteiger partial charge < -0.3 is 9.69 Å². The number of anilines is 1. The summed E-state index contributed by atoms with van der Waals surface area (Å²) in [6, 6.07) is 8.30. The quantitative estimate of drug-likeness (QED) is 0.678. The van der Waals surface area contributed by atoms with Gasteiger partial charge in [-0.2, -0.15) is 0 Å². The number of benzene rings is 1.